The molecule has 28 heavy (non-hydrogen) atoms. The zero-order valence-corrected chi connectivity index (χ0v) is 17.4. The Morgan fingerprint density at radius 3 is 2.68 bits per heavy atom. The van der Waals surface area contributed by atoms with Crippen LogP contribution in [-0.4, -0.2) is 31.9 Å². The SMILES string of the molecule is CC(COCc1ccccc1)CC(=O)C[C@@H]1C=CC[C@@H](C)[C@]1(C)C1OCCO1. The lowest BCUT2D eigenvalue weighted by Gasteiger charge is -2.46. The van der Waals surface area contributed by atoms with Gasteiger partial charge in [-0.1, -0.05) is 63.3 Å². The van der Waals surface area contributed by atoms with Crippen molar-refractivity contribution in [1.29, 1.82) is 0 Å². The van der Waals surface area contributed by atoms with Gasteiger partial charge in [0.15, 0.2) is 6.29 Å². The zero-order chi connectivity index (χ0) is 20.0. The van der Waals surface area contributed by atoms with Crippen LogP contribution in [0.4, 0.5) is 0 Å². The first kappa shape index (κ1) is 21.2. The molecule has 0 bridgehead atoms. The first-order valence-electron chi connectivity index (χ1n) is 10.5. The molecule has 1 unspecified atom stereocenters. The molecule has 3 rings (SSSR count). The number of benzene rings is 1. The van der Waals surface area contributed by atoms with Crippen LogP contribution in [0.15, 0.2) is 42.5 Å². The lowest BCUT2D eigenvalue weighted by Crippen LogP contribution is -2.46. The van der Waals surface area contributed by atoms with Crippen LogP contribution in [0.5, 0.6) is 0 Å². The topological polar surface area (TPSA) is 44.8 Å². The van der Waals surface area contributed by atoms with E-state index in [-0.39, 0.29) is 23.5 Å². The molecule has 0 amide bonds. The second-order valence-corrected chi connectivity index (χ2v) is 8.66. The van der Waals surface area contributed by atoms with E-state index in [2.05, 4.69) is 45.1 Å². The highest BCUT2D eigenvalue weighted by molar-refractivity contribution is 5.79. The summed E-state index contributed by atoms with van der Waals surface area (Å²) >= 11 is 0. The van der Waals surface area contributed by atoms with Crippen LogP contribution in [0.25, 0.3) is 0 Å². The largest absolute Gasteiger partial charge is 0.376 e. The number of hydrogen-bond donors (Lipinski definition) is 0. The van der Waals surface area contributed by atoms with Gasteiger partial charge in [-0.25, -0.2) is 0 Å². The third kappa shape index (κ3) is 5.11. The number of allylic oxidation sites excluding steroid dienone is 2. The van der Waals surface area contributed by atoms with Crippen LogP contribution >= 0.6 is 0 Å². The van der Waals surface area contributed by atoms with Crippen molar-refractivity contribution in [3.63, 3.8) is 0 Å². The molecule has 1 aliphatic carbocycles. The number of hydrogen-bond acceptors (Lipinski definition) is 4. The Kier molecular flexibility index (Phi) is 7.44. The van der Waals surface area contributed by atoms with E-state index in [1.807, 2.05) is 18.2 Å². The normalized spacial score (nSPS) is 29.1. The van der Waals surface area contributed by atoms with Gasteiger partial charge in [0.25, 0.3) is 0 Å². The molecule has 2 aliphatic rings. The molecular formula is C24H34O4. The van der Waals surface area contributed by atoms with E-state index in [0.717, 1.165) is 12.0 Å². The fourth-order valence-corrected chi connectivity index (χ4v) is 4.41. The van der Waals surface area contributed by atoms with Gasteiger partial charge in [0.2, 0.25) is 0 Å². The van der Waals surface area contributed by atoms with E-state index in [9.17, 15) is 4.79 Å². The Morgan fingerprint density at radius 2 is 1.96 bits per heavy atom. The van der Waals surface area contributed by atoms with Crippen molar-refractivity contribution in [2.45, 2.75) is 52.9 Å². The van der Waals surface area contributed by atoms with Gasteiger partial charge in [-0.15, -0.1) is 0 Å². The van der Waals surface area contributed by atoms with Crippen molar-refractivity contribution in [1.82, 2.24) is 0 Å². The molecule has 0 N–H and O–H groups in total. The van der Waals surface area contributed by atoms with Gasteiger partial charge in [0, 0.05) is 24.9 Å². The maximum Gasteiger partial charge on any atom is 0.163 e. The Labute approximate surface area is 169 Å². The first-order chi connectivity index (χ1) is 13.5. The molecule has 0 saturated carbocycles. The molecular weight excluding hydrogens is 352 g/mol. The van der Waals surface area contributed by atoms with Crippen molar-refractivity contribution in [2.24, 2.45) is 23.2 Å². The average molecular weight is 387 g/mol. The maximum atomic E-state index is 12.8. The van der Waals surface area contributed by atoms with Crippen molar-refractivity contribution >= 4 is 5.78 Å². The van der Waals surface area contributed by atoms with Crippen LogP contribution in [0, 0.1) is 23.2 Å². The molecule has 1 heterocycles. The molecule has 1 aliphatic heterocycles. The van der Waals surface area contributed by atoms with E-state index in [1.54, 1.807) is 0 Å². The summed E-state index contributed by atoms with van der Waals surface area (Å²) in [5, 5.41) is 0. The van der Waals surface area contributed by atoms with Crippen LogP contribution < -0.4 is 0 Å². The van der Waals surface area contributed by atoms with Crippen LogP contribution in [0.2, 0.25) is 0 Å². The average Bonchev–Trinajstić information content (AvgIpc) is 3.21. The second-order valence-electron chi connectivity index (χ2n) is 8.66. The minimum atomic E-state index is -0.211. The minimum absolute atomic E-state index is 0.157. The molecule has 1 aromatic rings. The standard InChI is InChI=1S/C24H34O4/c1-18(16-26-17-20-9-5-4-6-10-20)14-22(25)15-21-11-7-8-19(2)24(21,3)23-27-12-13-28-23/h4-7,9-11,18-19,21,23H,8,12-17H2,1-3H3/t18?,19-,21+,24+/m1/s1. The molecule has 4 atom stereocenters. The van der Waals surface area contributed by atoms with E-state index in [0.29, 0.717) is 51.0 Å². The van der Waals surface area contributed by atoms with Crippen molar-refractivity contribution < 1.29 is 19.0 Å². The number of carbonyl (C=O) groups excluding carboxylic acids is 1. The highest BCUT2D eigenvalue weighted by Crippen LogP contribution is 2.48. The summed E-state index contributed by atoms with van der Waals surface area (Å²) in [6.07, 6.45) is 6.32. The molecule has 0 aromatic heterocycles. The zero-order valence-electron chi connectivity index (χ0n) is 17.4. The van der Waals surface area contributed by atoms with E-state index in [4.69, 9.17) is 14.2 Å². The third-order valence-corrected chi connectivity index (χ3v) is 6.39. The molecule has 0 spiro atoms. The summed E-state index contributed by atoms with van der Waals surface area (Å²) in [6.45, 7) is 9.04. The molecule has 0 radical (unpaired) electrons. The van der Waals surface area contributed by atoms with Crippen molar-refractivity contribution in [3.05, 3.63) is 48.0 Å². The Hall–Kier alpha value is -1.49. The quantitative estimate of drug-likeness (QED) is 0.573. The maximum absolute atomic E-state index is 12.8. The Balaban J connectivity index is 1.49. The van der Waals surface area contributed by atoms with Crippen molar-refractivity contribution in [2.75, 3.05) is 19.8 Å². The number of Topliss-reactive ketones (excluding diaryl/α,β-unsaturated/α-hetero) is 1. The Morgan fingerprint density at radius 1 is 1.25 bits per heavy atom. The highest BCUT2D eigenvalue weighted by Gasteiger charge is 2.49. The highest BCUT2D eigenvalue weighted by atomic mass is 16.7. The predicted molar refractivity (Wildman–Crippen MR) is 110 cm³/mol. The number of ketones is 1. The van der Waals surface area contributed by atoms with Crippen LogP contribution in [0.1, 0.15) is 45.6 Å². The molecule has 1 aromatic carbocycles. The molecule has 1 saturated heterocycles. The van der Waals surface area contributed by atoms with E-state index >= 15 is 0 Å². The summed E-state index contributed by atoms with van der Waals surface area (Å²) in [7, 11) is 0. The third-order valence-electron chi connectivity index (χ3n) is 6.39. The molecule has 4 nitrogen and oxygen atoms in total. The fraction of sp³-hybridized carbons (Fsp3) is 0.625. The van der Waals surface area contributed by atoms with E-state index in [1.165, 1.54) is 0 Å². The van der Waals surface area contributed by atoms with Gasteiger partial charge in [-0.2, -0.15) is 0 Å². The van der Waals surface area contributed by atoms with Gasteiger partial charge in [-0.3, -0.25) is 4.79 Å². The number of carbonyl (C=O) groups is 1. The van der Waals surface area contributed by atoms with Crippen LogP contribution in [0.3, 0.4) is 0 Å². The summed E-state index contributed by atoms with van der Waals surface area (Å²) in [5.74, 6) is 1.09. The summed E-state index contributed by atoms with van der Waals surface area (Å²) in [5.41, 5.74) is 1.00. The van der Waals surface area contributed by atoms with Gasteiger partial charge in [-0.05, 0) is 29.7 Å². The van der Waals surface area contributed by atoms with Gasteiger partial charge >= 0.3 is 0 Å². The summed E-state index contributed by atoms with van der Waals surface area (Å²) in [6, 6.07) is 10.1. The van der Waals surface area contributed by atoms with Gasteiger partial charge in [0.05, 0.1) is 19.8 Å². The smallest absolute Gasteiger partial charge is 0.163 e. The molecule has 4 heteroatoms. The molecule has 1 fully saturated rings. The fourth-order valence-electron chi connectivity index (χ4n) is 4.41. The Bertz CT molecular complexity index is 650. The number of rotatable bonds is 9. The summed E-state index contributed by atoms with van der Waals surface area (Å²) < 4.78 is 17.5. The van der Waals surface area contributed by atoms with Crippen LogP contribution in [-0.2, 0) is 25.6 Å². The number of ether oxygens (including phenoxy) is 3. The van der Waals surface area contributed by atoms with Crippen molar-refractivity contribution in [3.8, 4) is 0 Å². The first-order valence-corrected chi connectivity index (χ1v) is 10.5. The monoisotopic (exact) mass is 386 g/mol. The lowest BCUT2D eigenvalue weighted by molar-refractivity contribution is -0.167. The predicted octanol–water partition coefficient (Wildman–Crippen LogP) is 4.78. The second kappa shape index (κ2) is 9.82. The van der Waals surface area contributed by atoms with Gasteiger partial charge in [0.1, 0.15) is 5.78 Å². The molecule has 154 valence electrons. The lowest BCUT2D eigenvalue weighted by atomic mass is 9.62. The van der Waals surface area contributed by atoms with E-state index < -0.39 is 0 Å². The summed E-state index contributed by atoms with van der Waals surface area (Å²) in [4.78, 5) is 12.8. The van der Waals surface area contributed by atoms with Gasteiger partial charge < -0.3 is 14.2 Å². The minimum Gasteiger partial charge on any atom is -0.376 e.